The molecule has 1 N–H and O–H groups in total. The Balaban J connectivity index is 1.77. The third-order valence-electron chi connectivity index (χ3n) is 4.25. The van der Waals surface area contributed by atoms with Crippen LogP contribution in [0.4, 0.5) is 5.95 Å². The van der Waals surface area contributed by atoms with Crippen LogP contribution in [-0.2, 0) is 0 Å². The van der Waals surface area contributed by atoms with E-state index in [1.54, 1.807) is 32.2 Å². The largest absolute Gasteiger partial charge is 0.493 e. The zero-order chi connectivity index (χ0) is 18.8. The maximum absolute atomic E-state index is 5.65. The highest BCUT2D eigenvalue weighted by atomic mass is 32.2. The summed E-state index contributed by atoms with van der Waals surface area (Å²) >= 11 is 1.60. The number of benzene rings is 1. The zero-order valence-corrected chi connectivity index (χ0v) is 16.1. The van der Waals surface area contributed by atoms with E-state index in [9.17, 15) is 0 Å². The number of allylic oxidation sites excluding steroid dienone is 1. The Labute approximate surface area is 161 Å². The van der Waals surface area contributed by atoms with Crippen molar-refractivity contribution in [3.05, 3.63) is 54.0 Å². The summed E-state index contributed by atoms with van der Waals surface area (Å²) in [6.07, 6.45) is 3.74. The molecule has 0 amide bonds. The molecule has 1 aliphatic rings. The molecule has 4 rings (SSSR count). The summed E-state index contributed by atoms with van der Waals surface area (Å²) in [5.41, 5.74) is 1.87. The molecule has 2 aromatic heterocycles. The molecule has 0 bridgehead atoms. The zero-order valence-electron chi connectivity index (χ0n) is 15.3. The molecule has 0 fully saturated rings. The van der Waals surface area contributed by atoms with Gasteiger partial charge in [0, 0.05) is 11.3 Å². The van der Waals surface area contributed by atoms with E-state index in [0.717, 1.165) is 27.9 Å². The minimum absolute atomic E-state index is 0.182. The van der Waals surface area contributed by atoms with E-state index in [1.807, 2.05) is 35.0 Å². The number of ether oxygens (including phenoxy) is 2. The quantitative estimate of drug-likeness (QED) is 0.643. The maximum Gasteiger partial charge on any atom is 0.227 e. The Hall–Kier alpha value is -2.87. The van der Waals surface area contributed by atoms with Crippen LogP contribution in [0.15, 0.2) is 52.2 Å². The van der Waals surface area contributed by atoms with Gasteiger partial charge in [-0.2, -0.15) is 4.98 Å². The average Bonchev–Trinajstić information content (AvgIpc) is 3.36. The number of hydrogen-bond donors (Lipinski definition) is 1. The summed E-state index contributed by atoms with van der Waals surface area (Å²) in [7, 11) is 3.25. The molecular weight excluding hydrogens is 364 g/mol. The van der Waals surface area contributed by atoms with Crippen molar-refractivity contribution >= 4 is 23.4 Å². The van der Waals surface area contributed by atoms with Crippen LogP contribution in [0.25, 0.3) is 5.70 Å². The minimum atomic E-state index is -0.182. The highest BCUT2D eigenvalue weighted by molar-refractivity contribution is 7.99. The Kier molecular flexibility index (Phi) is 4.81. The number of methoxy groups -OCH3 is 2. The highest BCUT2D eigenvalue weighted by Gasteiger charge is 2.27. The van der Waals surface area contributed by atoms with E-state index in [2.05, 4.69) is 28.4 Å². The number of nitrogens with one attached hydrogen (secondary N) is 1. The first-order valence-corrected chi connectivity index (χ1v) is 9.56. The van der Waals surface area contributed by atoms with Gasteiger partial charge in [-0.3, -0.25) is 0 Å². The molecule has 7 nitrogen and oxygen atoms in total. The van der Waals surface area contributed by atoms with Gasteiger partial charge in [0.15, 0.2) is 11.5 Å². The lowest BCUT2D eigenvalue weighted by Gasteiger charge is -2.23. The molecule has 0 radical (unpaired) electrons. The standard InChI is InChI=1S/C19H20N4O3S/c1-4-27-19-21-18-20-13(12-7-8-16(24-2)17(10-12)25-3)11-14(23(18)22-19)15-6-5-9-26-15/h5-11,14H,4H2,1-3H3,(H,20,21,22). The number of fused-ring (bicyclic) bond motifs is 1. The molecule has 1 atom stereocenters. The lowest BCUT2D eigenvalue weighted by atomic mass is 10.1. The van der Waals surface area contributed by atoms with Crippen molar-refractivity contribution in [2.75, 3.05) is 25.3 Å². The monoisotopic (exact) mass is 384 g/mol. The van der Waals surface area contributed by atoms with E-state index in [-0.39, 0.29) is 6.04 Å². The van der Waals surface area contributed by atoms with Crippen molar-refractivity contribution in [3.63, 3.8) is 0 Å². The Bertz CT molecular complexity index is 966. The minimum Gasteiger partial charge on any atom is -0.493 e. The van der Waals surface area contributed by atoms with Gasteiger partial charge in [-0.15, -0.1) is 5.10 Å². The fourth-order valence-electron chi connectivity index (χ4n) is 3.00. The van der Waals surface area contributed by atoms with E-state index in [1.165, 1.54) is 0 Å². The molecule has 0 saturated heterocycles. The molecule has 1 unspecified atom stereocenters. The van der Waals surface area contributed by atoms with E-state index in [4.69, 9.17) is 13.9 Å². The van der Waals surface area contributed by atoms with Crippen LogP contribution in [0.5, 0.6) is 11.5 Å². The maximum atomic E-state index is 5.65. The molecule has 1 aromatic carbocycles. The van der Waals surface area contributed by atoms with Gasteiger partial charge in [0.25, 0.3) is 0 Å². The first-order valence-electron chi connectivity index (χ1n) is 8.57. The second-order valence-corrected chi connectivity index (χ2v) is 7.06. The number of thioether (sulfide) groups is 1. The first kappa shape index (κ1) is 17.5. The molecule has 27 heavy (non-hydrogen) atoms. The molecule has 1 aliphatic heterocycles. The van der Waals surface area contributed by atoms with Crippen molar-refractivity contribution < 1.29 is 13.9 Å². The Morgan fingerprint density at radius 1 is 1.22 bits per heavy atom. The van der Waals surface area contributed by atoms with E-state index >= 15 is 0 Å². The molecule has 3 heterocycles. The first-order chi connectivity index (χ1) is 13.2. The third kappa shape index (κ3) is 3.28. The van der Waals surface area contributed by atoms with E-state index < -0.39 is 0 Å². The Morgan fingerprint density at radius 3 is 2.78 bits per heavy atom. The number of furan rings is 1. The molecule has 0 spiro atoms. The number of anilines is 1. The van der Waals surface area contributed by atoms with Gasteiger partial charge in [0.05, 0.1) is 20.5 Å². The lowest BCUT2D eigenvalue weighted by molar-refractivity contribution is 0.355. The number of nitrogens with zero attached hydrogens (tertiary/aromatic N) is 3. The van der Waals surface area contributed by atoms with Crippen molar-refractivity contribution in [2.24, 2.45) is 0 Å². The average molecular weight is 384 g/mol. The van der Waals surface area contributed by atoms with Gasteiger partial charge in [0.1, 0.15) is 11.8 Å². The molecule has 3 aromatic rings. The van der Waals surface area contributed by atoms with Gasteiger partial charge >= 0.3 is 0 Å². The third-order valence-corrected chi connectivity index (χ3v) is 4.97. The van der Waals surface area contributed by atoms with Gasteiger partial charge in [-0.1, -0.05) is 18.7 Å². The number of aromatic nitrogens is 3. The normalized spacial score (nSPS) is 15.7. The summed E-state index contributed by atoms with van der Waals surface area (Å²) in [6.45, 7) is 2.08. The number of rotatable bonds is 6. The molecule has 8 heteroatoms. The van der Waals surface area contributed by atoms with Crippen LogP contribution >= 0.6 is 11.8 Å². The van der Waals surface area contributed by atoms with Crippen molar-refractivity contribution in [3.8, 4) is 11.5 Å². The van der Waals surface area contributed by atoms with Crippen LogP contribution in [0, 0.1) is 0 Å². The van der Waals surface area contributed by atoms with Crippen molar-refractivity contribution in [1.29, 1.82) is 0 Å². The smallest absolute Gasteiger partial charge is 0.227 e. The van der Waals surface area contributed by atoms with Gasteiger partial charge in [0.2, 0.25) is 11.1 Å². The fraction of sp³-hybridized carbons (Fsp3) is 0.263. The summed E-state index contributed by atoms with van der Waals surface area (Å²) in [4.78, 5) is 4.62. The Morgan fingerprint density at radius 2 is 2.07 bits per heavy atom. The second-order valence-electron chi connectivity index (χ2n) is 5.83. The topological polar surface area (TPSA) is 74.3 Å². The van der Waals surface area contributed by atoms with Gasteiger partial charge < -0.3 is 19.2 Å². The summed E-state index contributed by atoms with van der Waals surface area (Å²) in [5, 5.41) is 8.73. The van der Waals surface area contributed by atoms with Crippen LogP contribution in [0.1, 0.15) is 24.3 Å². The number of hydrogen-bond acceptors (Lipinski definition) is 7. The predicted octanol–water partition coefficient (Wildman–Crippen LogP) is 4.06. The van der Waals surface area contributed by atoms with Crippen LogP contribution in [0.3, 0.4) is 0 Å². The lowest BCUT2D eigenvalue weighted by Crippen LogP contribution is -2.19. The van der Waals surface area contributed by atoms with Crippen LogP contribution in [-0.4, -0.2) is 34.7 Å². The van der Waals surface area contributed by atoms with Crippen LogP contribution < -0.4 is 14.8 Å². The van der Waals surface area contributed by atoms with Crippen molar-refractivity contribution in [1.82, 2.24) is 14.8 Å². The van der Waals surface area contributed by atoms with Gasteiger partial charge in [-0.25, -0.2) is 4.68 Å². The summed E-state index contributed by atoms with van der Waals surface area (Å²) < 4.78 is 18.3. The fourth-order valence-corrected chi connectivity index (χ4v) is 3.55. The van der Waals surface area contributed by atoms with Crippen LogP contribution in [0.2, 0.25) is 0 Å². The molecule has 140 valence electrons. The summed E-state index contributed by atoms with van der Waals surface area (Å²) in [5.74, 6) is 3.74. The molecule has 0 aliphatic carbocycles. The van der Waals surface area contributed by atoms with Crippen molar-refractivity contribution in [2.45, 2.75) is 18.1 Å². The molecule has 0 saturated carbocycles. The van der Waals surface area contributed by atoms with Gasteiger partial charge in [-0.05, 0) is 42.2 Å². The summed E-state index contributed by atoms with van der Waals surface area (Å²) in [6, 6.07) is 9.43. The predicted molar refractivity (Wildman–Crippen MR) is 104 cm³/mol. The highest BCUT2D eigenvalue weighted by Crippen LogP contribution is 2.36. The van der Waals surface area contributed by atoms with E-state index in [0.29, 0.717) is 17.4 Å². The SMILES string of the molecule is CCSc1nc2n(n1)C(c1ccco1)C=C(c1ccc(OC)c(OC)c1)N2. The molecular formula is C19H20N4O3S. The second kappa shape index (κ2) is 7.40.